The van der Waals surface area contributed by atoms with Crippen molar-refractivity contribution in [3.8, 4) is 5.75 Å². The van der Waals surface area contributed by atoms with Crippen molar-refractivity contribution >= 4 is 11.7 Å². The maximum Gasteiger partial charge on any atom is 0.317 e. The van der Waals surface area contributed by atoms with Crippen LogP contribution < -0.4 is 15.0 Å². The number of hydrogen-bond acceptors (Lipinski definition) is 3. The summed E-state index contributed by atoms with van der Waals surface area (Å²) in [5.41, 5.74) is 2.12. The maximum atomic E-state index is 12.3. The molecule has 1 saturated heterocycles. The quantitative estimate of drug-likeness (QED) is 0.891. The fourth-order valence-corrected chi connectivity index (χ4v) is 3.06. The number of anilines is 1. The van der Waals surface area contributed by atoms with Gasteiger partial charge in [-0.15, -0.1) is 0 Å². The van der Waals surface area contributed by atoms with Gasteiger partial charge in [-0.1, -0.05) is 30.3 Å². The van der Waals surface area contributed by atoms with E-state index in [1.165, 1.54) is 0 Å². The van der Waals surface area contributed by atoms with Crippen LogP contribution in [0, 0.1) is 0 Å². The Labute approximate surface area is 161 Å². The molecule has 3 rings (SSSR count). The van der Waals surface area contributed by atoms with Crippen molar-refractivity contribution in [2.75, 3.05) is 31.1 Å². The fourth-order valence-electron chi connectivity index (χ4n) is 3.06. The summed E-state index contributed by atoms with van der Waals surface area (Å²) < 4.78 is 5.85. The van der Waals surface area contributed by atoms with Gasteiger partial charge < -0.3 is 19.9 Å². The Morgan fingerprint density at radius 2 is 1.59 bits per heavy atom. The van der Waals surface area contributed by atoms with Gasteiger partial charge in [0.25, 0.3) is 0 Å². The highest BCUT2D eigenvalue weighted by Crippen LogP contribution is 2.21. The van der Waals surface area contributed by atoms with Gasteiger partial charge in [0.1, 0.15) is 12.4 Å². The molecule has 5 nitrogen and oxygen atoms in total. The first-order valence-corrected chi connectivity index (χ1v) is 9.49. The first kappa shape index (κ1) is 19.1. The summed E-state index contributed by atoms with van der Waals surface area (Å²) in [6.45, 7) is 9.71. The van der Waals surface area contributed by atoms with Gasteiger partial charge in [0.15, 0.2) is 0 Å². The minimum atomic E-state index is -0.205. The molecule has 0 spiro atoms. The molecule has 0 aromatic heterocycles. The fraction of sp³-hybridized carbons (Fsp3) is 0.409. The van der Waals surface area contributed by atoms with Crippen LogP contribution in [0.2, 0.25) is 0 Å². The second-order valence-corrected chi connectivity index (χ2v) is 7.92. The van der Waals surface area contributed by atoms with E-state index < -0.39 is 0 Å². The number of piperazine rings is 1. The molecule has 2 aromatic carbocycles. The summed E-state index contributed by atoms with van der Waals surface area (Å²) in [6, 6.07) is 18.4. The monoisotopic (exact) mass is 367 g/mol. The van der Waals surface area contributed by atoms with Gasteiger partial charge >= 0.3 is 6.03 Å². The van der Waals surface area contributed by atoms with Crippen LogP contribution in [0.15, 0.2) is 54.6 Å². The van der Waals surface area contributed by atoms with Crippen molar-refractivity contribution in [3.63, 3.8) is 0 Å². The van der Waals surface area contributed by atoms with Gasteiger partial charge in [0.2, 0.25) is 0 Å². The average Bonchev–Trinajstić information content (AvgIpc) is 2.66. The molecule has 1 aliphatic heterocycles. The zero-order chi connectivity index (χ0) is 19.3. The standard InChI is InChI=1S/C22H29N3O2/c1-22(2,3)23-21(26)25-15-13-24(14-16-25)19-9-11-20(12-10-19)27-17-18-7-5-4-6-8-18/h4-12H,13-17H2,1-3H3,(H,23,26). The van der Waals surface area contributed by atoms with Crippen LogP contribution in [0.4, 0.5) is 10.5 Å². The molecule has 1 N–H and O–H groups in total. The van der Waals surface area contributed by atoms with Crippen LogP contribution in [0.25, 0.3) is 0 Å². The summed E-state index contributed by atoms with van der Waals surface area (Å²) in [7, 11) is 0. The Morgan fingerprint density at radius 1 is 0.963 bits per heavy atom. The highest BCUT2D eigenvalue weighted by atomic mass is 16.5. The third-order valence-corrected chi connectivity index (χ3v) is 4.50. The van der Waals surface area contributed by atoms with Crippen molar-refractivity contribution in [1.29, 1.82) is 0 Å². The van der Waals surface area contributed by atoms with Crippen LogP contribution in [0.1, 0.15) is 26.3 Å². The largest absolute Gasteiger partial charge is 0.489 e. The van der Waals surface area contributed by atoms with Crippen molar-refractivity contribution in [2.45, 2.75) is 32.9 Å². The zero-order valence-electron chi connectivity index (χ0n) is 16.4. The van der Waals surface area contributed by atoms with Crippen LogP contribution >= 0.6 is 0 Å². The number of carbonyl (C=O) groups excluding carboxylic acids is 1. The minimum absolute atomic E-state index is 0.0202. The van der Waals surface area contributed by atoms with E-state index in [0.29, 0.717) is 6.61 Å². The van der Waals surface area contributed by atoms with Crippen LogP contribution in [-0.2, 0) is 6.61 Å². The Hall–Kier alpha value is -2.69. The molecule has 0 unspecified atom stereocenters. The number of ether oxygens (including phenoxy) is 1. The van der Waals surface area contributed by atoms with E-state index in [9.17, 15) is 4.79 Å². The van der Waals surface area contributed by atoms with E-state index in [1.54, 1.807) is 0 Å². The van der Waals surface area contributed by atoms with Crippen LogP contribution in [0.5, 0.6) is 5.75 Å². The summed E-state index contributed by atoms with van der Waals surface area (Å²) in [5, 5.41) is 3.03. The van der Waals surface area contributed by atoms with Crippen molar-refractivity contribution in [1.82, 2.24) is 10.2 Å². The number of carbonyl (C=O) groups is 1. The van der Waals surface area contributed by atoms with E-state index in [0.717, 1.165) is 43.2 Å². The normalized spacial score (nSPS) is 14.8. The smallest absolute Gasteiger partial charge is 0.317 e. The number of urea groups is 1. The molecular weight excluding hydrogens is 338 g/mol. The third kappa shape index (κ3) is 5.64. The molecule has 1 aliphatic rings. The lowest BCUT2D eigenvalue weighted by atomic mass is 10.1. The van der Waals surface area contributed by atoms with Gasteiger partial charge in [0, 0.05) is 37.4 Å². The molecule has 2 aromatic rings. The predicted molar refractivity (Wildman–Crippen MR) is 109 cm³/mol. The lowest BCUT2D eigenvalue weighted by Crippen LogP contribution is -2.55. The number of benzene rings is 2. The van der Waals surface area contributed by atoms with Crippen molar-refractivity contribution in [3.05, 3.63) is 60.2 Å². The maximum absolute atomic E-state index is 12.3. The summed E-state index contributed by atoms with van der Waals surface area (Å²) in [5.74, 6) is 0.866. The Morgan fingerprint density at radius 3 is 2.19 bits per heavy atom. The Balaban J connectivity index is 1.49. The zero-order valence-corrected chi connectivity index (χ0v) is 16.4. The first-order valence-electron chi connectivity index (χ1n) is 9.49. The summed E-state index contributed by atoms with van der Waals surface area (Å²) >= 11 is 0. The predicted octanol–water partition coefficient (Wildman–Crippen LogP) is 3.90. The van der Waals surface area contributed by atoms with Gasteiger partial charge in [0.05, 0.1) is 0 Å². The van der Waals surface area contributed by atoms with Crippen LogP contribution in [-0.4, -0.2) is 42.6 Å². The molecule has 1 fully saturated rings. The Bertz CT molecular complexity index is 730. The van der Waals surface area contributed by atoms with Crippen LogP contribution in [0.3, 0.4) is 0 Å². The second kappa shape index (κ2) is 8.33. The van der Waals surface area contributed by atoms with Gasteiger partial charge in [-0.3, -0.25) is 0 Å². The van der Waals surface area contributed by atoms with Gasteiger partial charge in [-0.2, -0.15) is 0 Å². The molecule has 0 atom stereocenters. The highest BCUT2D eigenvalue weighted by molar-refractivity contribution is 5.75. The molecule has 2 amide bonds. The highest BCUT2D eigenvalue weighted by Gasteiger charge is 2.24. The summed E-state index contributed by atoms with van der Waals surface area (Å²) in [6.07, 6.45) is 0. The molecular formula is C22H29N3O2. The molecule has 27 heavy (non-hydrogen) atoms. The molecule has 0 aliphatic carbocycles. The lowest BCUT2D eigenvalue weighted by molar-refractivity contribution is 0.185. The number of rotatable bonds is 4. The van der Waals surface area contributed by atoms with E-state index in [2.05, 4.69) is 34.5 Å². The molecule has 0 saturated carbocycles. The molecule has 144 valence electrons. The Kier molecular flexibility index (Phi) is 5.89. The minimum Gasteiger partial charge on any atom is -0.489 e. The summed E-state index contributed by atoms with van der Waals surface area (Å²) in [4.78, 5) is 16.5. The van der Waals surface area contributed by atoms with Crippen molar-refractivity contribution < 1.29 is 9.53 Å². The number of hydrogen-bond donors (Lipinski definition) is 1. The van der Waals surface area contributed by atoms with Crippen molar-refractivity contribution in [2.24, 2.45) is 0 Å². The molecule has 0 radical (unpaired) electrons. The van der Waals surface area contributed by atoms with E-state index in [-0.39, 0.29) is 11.6 Å². The number of nitrogens with zero attached hydrogens (tertiary/aromatic N) is 2. The number of nitrogens with one attached hydrogen (secondary N) is 1. The molecule has 5 heteroatoms. The SMILES string of the molecule is CC(C)(C)NC(=O)N1CCN(c2ccc(OCc3ccccc3)cc2)CC1. The number of amides is 2. The first-order chi connectivity index (χ1) is 12.9. The van der Waals surface area contributed by atoms with E-state index in [1.807, 2.05) is 56.0 Å². The average molecular weight is 367 g/mol. The van der Waals surface area contributed by atoms with E-state index >= 15 is 0 Å². The van der Waals surface area contributed by atoms with Gasteiger partial charge in [-0.05, 0) is 50.6 Å². The lowest BCUT2D eigenvalue weighted by Gasteiger charge is -2.37. The molecule has 0 bridgehead atoms. The topological polar surface area (TPSA) is 44.8 Å². The third-order valence-electron chi connectivity index (χ3n) is 4.50. The molecule has 1 heterocycles. The van der Waals surface area contributed by atoms with E-state index in [4.69, 9.17) is 4.74 Å². The second-order valence-electron chi connectivity index (χ2n) is 7.92. The van der Waals surface area contributed by atoms with Gasteiger partial charge in [-0.25, -0.2) is 4.79 Å².